The first-order chi connectivity index (χ1) is 19.7. The highest BCUT2D eigenvalue weighted by molar-refractivity contribution is 7.99. The quantitative estimate of drug-likeness (QED) is 0.315. The number of nitrogens with one attached hydrogen (secondary N) is 1. The molecule has 1 aromatic heterocycles. The van der Waals surface area contributed by atoms with Gasteiger partial charge in [0.05, 0.1) is 38.2 Å². The smallest absolute Gasteiger partial charge is 0.308 e. The Morgan fingerprint density at radius 1 is 1.17 bits per heavy atom. The number of rotatable bonds is 9. The Balaban J connectivity index is 1.23. The van der Waals surface area contributed by atoms with E-state index in [9.17, 15) is 14.0 Å². The van der Waals surface area contributed by atoms with Gasteiger partial charge in [0.25, 0.3) is 6.01 Å². The molecule has 2 atom stereocenters. The highest BCUT2D eigenvalue weighted by Crippen LogP contribution is 2.32. The number of ether oxygens (including phenoxy) is 2. The van der Waals surface area contributed by atoms with E-state index in [0.717, 1.165) is 37.7 Å². The number of aryl methyl sites for hydroxylation is 1. The van der Waals surface area contributed by atoms with Gasteiger partial charge in [-0.25, -0.2) is 8.78 Å². The van der Waals surface area contributed by atoms with Crippen LogP contribution >= 0.6 is 11.8 Å². The first-order valence-electron chi connectivity index (χ1n) is 13.9. The summed E-state index contributed by atoms with van der Waals surface area (Å²) in [4.78, 5) is 31.3. The number of nitrogens with zero attached hydrogens (tertiary/aromatic N) is 2. The van der Waals surface area contributed by atoms with Crippen LogP contribution in [0, 0.1) is 24.5 Å². The molecule has 0 unspecified atom stereocenters. The monoisotopic (exact) mass is 587 g/mol. The standard InChI is InChI=1S/C30H35F2N3O5S/c1-17-4-8-20(31)13-25(17)34-30-33-24-11-7-19(27(32)28(24)40-30)12-26(36)35-15-23(41-3)14-21(35)16-39-22-9-5-18(6-10-22)29(37)38-2/h4,7-8,11,13,18,21-23H,5-6,9-10,12,14-16H2,1-3H3,(H,33,34)/t18?,21-,22?,23-/m0/s1. The van der Waals surface area contributed by atoms with Crippen molar-refractivity contribution in [2.45, 2.75) is 62.8 Å². The first-order valence-corrected chi connectivity index (χ1v) is 15.2. The Morgan fingerprint density at radius 2 is 1.95 bits per heavy atom. The maximum absolute atomic E-state index is 15.5. The number of aromatic nitrogens is 1. The van der Waals surface area contributed by atoms with Crippen LogP contribution in [0.3, 0.4) is 0 Å². The molecule has 41 heavy (non-hydrogen) atoms. The fourth-order valence-electron chi connectivity index (χ4n) is 5.69. The van der Waals surface area contributed by atoms with Crippen LogP contribution in [-0.4, -0.2) is 65.7 Å². The molecular weight excluding hydrogens is 552 g/mol. The lowest BCUT2D eigenvalue weighted by molar-refractivity contribution is -0.148. The van der Waals surface area contributed by atoms with Gasteiger partial charge in [-0.2, -0.15) is 16.7 Å². The van der Waals surface area contributed by atoms with Crippen molar-refractivity contribution in [2.24, 2.45) is 5.92 Å². The van der Waals surface area contributed by atoms with Crippen LogP contribution in [0.25, 0.3) is 11.1 Å². The average Bonchev–Trinajstić information content (AvgIpc) is 3.59. The molecule has 1 N–H and O–H groups in total. The zero-order valence-electron chi connectivity index (χ0n) is 23.5. The van der Waals surface area contributed by atoms with Crippen molar-refractivity contribution in [3.8, 4) is 0 Å². The molecule has 3 aromatic rings. The third-order valence-corrected chi connectivity index (χ3v) is 9.13. The second kappa shape index (κ2) is 12.8. The van der Waals surface area contributed by atoms with E-state index in [0.29, 0.717) is 24.4 Å². The van der Waals surface area contributed by atoms with Crippen LogP contribution in [0.5, 0.6) is 0 Å². The van der Waals surface area contributed by atoms with E-state index >= 15 is 4.39 Å². The molecular formula is C30H35F2N3O5S. The number of benzene rings is 2. The molecule has 220 valence electrons. The summed E-state index contributed by atoms with van der Waals surface area (Å²) < 4.78 is 45.9. The Kier molecular flexibility index (Phi) is 9.13. The number of methoxy groups -OCH3 is 1. The molecule has 2 heterocycles. The summed E-state index contributed by atoms with van der Waals surface area (Å²) in [6, 6.07) is 7.41. The van der Waals surface area contributed by atoms with Crippen molar-refractivity contribution >= 4 is 46.4 Å². The van der Waals surface area contributed by atoms with Gasteiger partial charge < -0.3 is 24.1 Å². The third kappa shape index (κ3) is 6.67. The Bertz CT molecular complexity index is 1410. The molecule has 2 aromatic carbocycles. The maximum Gasteiger partial charge on any atom is 0.308 e. The van der Waals surface area contributed by atoms with Gasteiger partial charge in [-0.05, 0) is 69.0 Å². The average molecular weight is 588 g/mol. The molecule has 0 radical (unpaired) electrons. The predicted octanol–water partition coefficient (Wildman–Crippen LogP) is 5.78. The Labute approximate surface area is 242 Å². The number of halogens is 2. The van der Waals surface area contributed by atoms with Gasteiger partial charge in [0.1, 0.15) is 11.3 Å². The number of esters is 1. The van der Waals surface area contributed by atoms with E-state index in [1.807, 2.05) is 18.1 Å². The zero-order valence-corrected chi connectivity index (χ0v) is 24.3. The van der Waals surface area contributed by atoms with Gasteiger partial charge in [0.2, 0.25) is 5.91 Å². The molecule has 2 fully saturated rings. The summed E-state index contributed by atoms with van der Waals surface area (Å²) in [6.45, 7) is 2.80. The molecule has 0 spiro atoms. The van der Waals surface area contributed by atoms with Crippen LogP contribution in [-0.2, 0) is 25.5 Å². The van der Waals surface area contributed by atoms with Gasteiger partial charge in [0.15, 0.2) is 11.4 Å². The Hall–Kier alpha value is -3.18. The fourth-order valence-corrected chi connectivity index (χ4v) is 6.41. The number of anilines is 2. The van der Waals surface area contributed by atoms with Crippen molar-refractivity contribution in [3.63, 3.8) is 0 Å². The highest BCUT2D eigenvalue weighted by atomic mass is 32.2. The molecule has 1 aliphatic carbocycles. The number of carbonyl (C=O) groups excluding carboxylic acids is 2. The van der Waals surface area contributed by atoms with Gasteiger partial charge in [0, 0.05) is 23.0 Å². The van der Waals surface area contributed by atoms with E-state index in [2.05, 4.69) is 10.3 Å². The number of oxazole rings is 1. The highest BCUT2D eigenvalue weighted by Gasteiger charge is 2.36. The second-order valence-corrected chi connectivity index (χ2v) is 11.9. The largest absolute Gasteiger partial charge is 0.469 e. The van der Waals surface area contributed by atoms with Crippen LogP contribution in [0.4, 0.5) is 20.5 Å². The summed E-state index contributed by atoms with van der Waals surface area (Å²) in [7, 11) is 1.42. The van der Waals surface area contributed by atoms with Crippen molar-refractivity contribution in [1.29, 1.82) is 0 Å². The molecule has 5 rings (SSSR count). The maximum atomic E-state index is 15.5. The van der Waals surface area contributed by atoms with Gasteiger partial charge in [-0.1, -0.05) is 12.1 Å². The van der Waals surface area contributed by atoms with E-state index in [1.165, 1.54) is 19.2 Å². The molecule has 2 aliphatic rings. The molecule has 1 saturated carbocycles. The summed E-state index contributed by atoms with van der Waals surface area (Å²) in [5.41, 5.74) is 1.71. The number of likely N-dealkylation sites (tertiary alicyclic amines) is 1. The van der Waals surface area contributed by atoms with Crippen molar-refractivity contribution in [2.75, 3.05) is 31.8 Å². The van der Waals surface area contributed by atoms with Crippen molar-refractivity contribution in [1.82, 2.24) is 9.88 Å². The number of hydrogen-bond acceptors (Lipinski definition) is 8. The molecule has 0 bridgehead atoms. The van der Waals surface area contributed by atoms with Crippen LogP contribution in [0.1, 0.15) is 43.2 Å². The molecule has 1 saturated heterocycles. The Morgan fingerprint density at radius 3 is 2.68 bits per heavy atom. The zero-order chi connectivity index (χ0) is 29.1. The molecule has 11 heteroatoms. The van der Waals surface area contributed by atoms with Crippen molar-refractivity contribution in [3.05, 3.63) is 53.1 Å². The third-order valence-electron chi connectivity index (χ3n) is 8.12. The van der Waals surface area contributed by atoms with E-state index < -0.39 is 11.6 Å². The predicted molar refractivity (Wildman–Crippen MR) is 153 cm³/mol. The second-order valence-electron chi connectivity index (χ2n) is 10.8. The van der Waals surface area contributed by atoms with Crippen LogP contribution in [0.2, 0.25) is 0 Å². The summed E-state index contributed by atoms with van der Waals surface area (Å²) in [6.07, 6.45) is 5.81. The minimum atomic E-state index is -0.636. The van der Waals surface area contributed by atoms with Gasteiger partial charge in [-0.15, -0.1) is 0 Å². The van der Waals surface area contributed by atoms with E-state index in [-0.39, 0.29) is 58.8 Å². The number of fused-ring (bicyclic) bond motifs is 1. The number of thioether (sulfide) groups is 1. The first kappa shape index (κ1) is 29.3. The number of hydrogen-bond donors (Lipinski definition) is 1. The van der Waals surface area contributed by atoms with Crippen LogP contribution in [0.15, 0.2) is 34.7 Å². The SMILES string of the molecule is COC(=O)C1CCC(OC[C@@H]2C[C@H](SC)CN2C(=O)Cc2ccc3nc(Nc4cc(F)ccc4C)oc3c2F)CC1. The lowest BCUT2D eigenvalue weighted by atomic mass is 9.87. The minimum absolute atomic E-state index is 0.0382. The van der Waals surface area contributed by atoms with Gasteiger partial charge >= 0.3 is 5.97 Å². The van der Waals surface area contributed by atoms with Crippen LogP contribution < -0.4 is 5.32 Å². The van der Waals surface area contributed by atoms with E-state index in [4.69, 9.17) is 13.9 Å². The lowest BCUT2D eigenvalue weighted by Gasteiger charge is -2.30. The lowest BCUT2D eigenvalue weighted by Crippen LogP contribution is -2.40. The molecule has 1 amide bonds. The van der Waals surface area contributed by atoms with Gasteiger partial charge in [-0.3, -0.25) is 9.59 Å². The summed E-state index contributed by atoms with van der Waals surface area (Å²) >= 11 is 1.71. The molecule has 1 aliphatic heterocycles. The number of carbonyl (C=O) groups is 2. The number of amides is 1. The van der Waals surface area contributed by atoms with E-state index in [1.54, 1.807) is 30.0 Å². The fraction of sp³-hybridized carbons (Fsp3) is 0.500. The normalized spacial score (nSPS) is 22.7. The minimum Gasteiger partial charge on any atom is -0.469 e. The van der Waals surface area contributed by atoms with Crippen molar-refractivity contribution < 1.29 is 32.3 Å². The topological polar surface area (TPSA) is 93.9 Å². The summed E-state index contributed by atoms with van der Waals surface area (Å²) in [5.74, 6) is -1.46. The molecule has 8 nitrogen and oxygen atoms in total. The summed E-state index contributed by atoms with van der Waals surface area (Å²) in [5, 5.41) is 3.19.